The van der Waals surface area contributed by atoms with Crippen LogP contribution in [0, 0.1) is 0 Å². The second kappa shape index (κ2) is 7.84. The standard InChI is InChI=1S/C19H25NO/c1-4-15(2)18-7-5-6-8-19(18)21-14-17-11-9-16(10-12-17)13-20-3/h5-12,15,20H,4,13-14H2,1-3H3. The van der Waals surface area contributed by atoms with Gasteiger partial charge in [0.2, 0.25) is 0 Å². The Balaban J connectivity index is 2.02. The Kier molecular flexibility index (Phi) is 5.82. The van der Waals surface area contributed by atoms with Crippen molar-refractivity contribution in [3.8, 4) is 5.75 Å². The van der Waals surface area contributed by atoms with Gasteiger partial charge in [-0.2, -0.15) is 0 Å². The monoisotopic (exact) mass is 283 g/mol. The molecule has 0 heterocycles. The molecule has 0 saturated heterocycles. The van der Waals surface area contributed by atoms with Crippen molar-refractivity contribution in [2.45, 2.75) is 39.3 Å². The Bertz CT molecular complexity index is 548. The number of ether oxygens (including phenoxy) is 1. The molecule has 0 aliphatic rings. The van der Waals surface area contributed by atoms with Gasteiger partial charge in [0, 0.05) is 6.54 Å². The molecular formula is C19H25NO. The molecule has 0 fully saturated rings. The first-order chi connectivity index (χ1) is 10.2. The van der Waals surface area contributed by atoms with Gasteiger partial charge in [0.15, 0.2) is 0 Å². The van der Waals surface area contributed by atoms with E-state index in [4.69, 9.17) is 4.74 Å². The lowest BCUT2D eigenvalue weighted by Gasteiger charge is -2.15. The van der Waals surface area contributed by atoms with E-state index >= 15 is 0 Å². The van der Waals surface area contributed by atoms with Gasteiger partial charge in [0.05, 0.1) is 0 Å². The Morgan fingerprint density at radius 2 is 1.67 bits per heavy atom. The highest BCUT2D eigenvalue weighted by atomic mass is 16.5. The summed E-state index contributed by atoms with van der Waals surface area (Å²) in [6, 6.07) is 16.9. The first-order valence-electron chi connectivity index (χ1n) is 7.68. The summed E-state index contributed by atoms with van der Waals surface area (Å²) in [5, 5.41) is 3.16. The van der Waals surface area contributed by atoms with E-state index in [9.17, 15) is 0 Å². The van der Waals surface area contributed by atoms with Crippen molar-refractivity contribution in [3.05, 3.63) is 65.2 Å². The van der Waals surface area contributed by atoms with E-state index < -0.39 is 0 Å². The smallest absolute Gasteiger partial charge is 0.123 e. The summed E-state index contributed by atoms with van der Waals surface area (Å²) in [6.07, 6.45) is 1.12. The number of para-hydroxylation sites is 1. The third-order valence-corrected chi connectivity index (χ3v) is 3.86. The lowest BCUT2D eigenvalue weighted by molar-refractivity contribution is 0.301. The summed E-state index contributed by atoms with van der Waals surface area (Å²) in [5.41, 5.74) is 3.79. The fourth-order valence-electron chi connectivity index (χ4n) is 2.36. The van der Waals surface area contributed by atoms with Crippen LogP contribution in [0.15, 0.2) is 48.5 Å². The van der Waals surface area contributed by atoms with Gasteiger partial charge in [-0.25, -0.2) is 0 Å². The molecule has 2 aromatic rings. The van der Waals surface area contributed by atoms with Crippen molar-refractivity contribution in [1.29, 1.82) is 0 Å². The van der Waals surface area contributed by atoms with Gasteiger partial charge in [0.1, 0.15) is 12.4 Å². The van der Waals surface area contributed by atoms with E-state index in [1.165, 1.54) is 16.7 Å². The van der Waals surface area contributed by atoms with Crippen LogP contribution in [0.3, 0.4) is 0 Å². The van der Waals surface area contributed by atoms with E-state index in [0.29, 0.717) is 12.5 Å². The third kappa shape index (κ3) is 4.33. The molecule has 2 aromatic carbocycles. The minimum absolute atomic E-state index is 0.527. The summed E-state index contributed by atoms with van der Waals surface area (Å²) in [6.45, 7) is 5.97. The number of rotatable bonds is 7. The number of nitrogens with one attached hydrogen (secondary N) is 1. The van der Waals surface area contributed by atoms with E-state index in [2.05, 4.69) is 61.6 Å². The Labute approximate surface area is 128 Å². The second-order valence-corrected chi connectivity index (χ2v) is 5.48. The van der Waals surface area contributed by atoms with Crippen LogP contribution in [0.1, 0.15) is 42.9 Å². The molecule has 0 radical (unpaired) electrons. The van der Waals surface area contributed by atoms with Crippen LogP contribution in [0.5, 0.6) is 5.75 Å². The minimum atomic E-state index is 0.527. The molecule has 0 bridgehead atoms. The molecule has 1 atom stereocenters. The van der Waals surface area contributed by atoms with Crippen LogP contribution >= 0.6 is 0 Å². The Morgan fingerprint density at radius 3 is 2.33 bits per heavy atom. The highest BCUT2D eigenvalue weighted by molar-refractivity contribution is 5.36. The molecule has 2 rings (SSSR count). The maximum absolute atomic E-state index is 6.03. The zero-order valence-electron chi connectivity index (χ0n) is 13.2. The summed E-state index contributed by atoms with van der Waals surface area (Å²) >= 11 is 0. The third-order valence-electron chi connectivity index (χ3n) is 3.86. The predicted molar refractivity (Wildman–Crippen MR) is 88.7 cm³/mol. The molecule has 0 saturated carbocycles. The topological polar surface area (TPSA) is 21.3 Å². The Hall–Kier alpha value is -1.80. The summed E-state index contributed by atoms with van der Waals surface area (Å²) in [5.74, 6) is 1.53. The average molecular weight is 283 g/mol. The molecule has 0 aromatic heterocycles. The molecule has 0 aliphatic heterocycles. The highest BCUT2D eigenvalue weighted by Crippen LogP contribution is 2.28. The van der Waals surface area contributed by atoms with Crippen molar-refractivity contribution < 1.29 is 4.74 Å². The van der Waals surface area contributed by atoms with Crippen molar-refractivity contribution >= 4 is 0 Å². The second-order valence-electron chi connectivity index (χ2n) is 5.48. The molecule has 112 valence electrons. The molecule has 21 heavy (non-hydrogen) atoms. The zero-order chi connectivity index (χ0) is 15.1. The number of hydrogen-bond acceptors (Lipinski definition) is 2. The lowest BCUT2D eigenvalue weighted by Crippen LogP contribution is -2.05. The predicted octanol–water partition coefficient (Wildman–Crippen LogP) is 4.50. The molecule has 2 heteroatoms. The van der Waals surface area contributed by atoms with E-state index in [0.717, 1.165) is 18.7 Å². The molecule has 0 spiro atoms. The van der Waals surface area contributed by atoms with Crippen LogP contribution < -0.4 is 10.1 Å². The maximum Gasteiger partial charge on any atom is 0.123 e. The van der Waals surface area contributed by atoms with E-state index in [1.807, 2.05) is 13.1 Å². The van der Waals surface area contributed by atoms with Gasteiger partial charge in [-0.15, -0.1) is 0 Å². The SMILES string of the molecule is CCC(C)c1ccccc1OCc1ccc(CNC)cc1. The van der Waals surface area contributed by atoms with Crippen molar-refractivity contribution in [1.82, 2.24) is 5.32 Å². The largest absolute Gasteiger partial charge is 0.489 e. The van der Waals surface area contributed by atoms with Gasteiger partial charge in [-0.05, 0) is 42.1 Å². The molecule has 0 amide bonds. The average Bonchev–Trinajstić information content (AvgIpc) is 2.54. The van der Waals surface area contributed by atoms with Gasteiger partial charge in [-0.1, -0.05) is 56.3 Å². The van der Waals surface area contributed by atoms with Crippen molar-refractivity contribution in [2.24, 2.45) is 0 Å². The summed E-state index contributed by atoms with van der Waals surface area (Å²) in [4.78, 5) is 0. The first-order valence-corrected chi connectivity index (χ1v) is 7.68. The fourth-order valence-corrected chi connectivity index (χ4v) is 2.36. The van der Waals surface area contributed by atoms with Gasteiger partial charge in [-0.3, -0.25) is 0 Å². The fraction of sp³-hybridized carbons (Fsp3) is 0.368. The highest BCUT2D eigenvalue weighted by Gasteiger charge is 2.09. The van der Waals surface area contributed by atoms with Crippen LogP contribution in [0.25, 0.3) is 0 Å². The first kappa shape index (κ1) is 15.6. The van der Waals surface area contributed by atoms with Gasteiger partial charge < -0.3 is 10.1 Å². The number of benzene rings is 2. The van der Waals surface area contributed by atoms with Gasteiger partial charge >= 0.3 is 0 Å². The van der Waals surface area contributed by atoms with Crippen LogP contribution in [-0.4, -0.2) is 7.05 Å². The minimum Gasteiger partial charge on any atom is -0.489 e. The zero-order valence-corrected chi connectivity index (χ0v) is 13.2. The number of hydrogen-bond donors (Lipinski definition) is 1. The van der Waals surface area contributed by atoms with Crippen LogP contribution in [-0.2, 0) is 13.2 Å². The van der Waals surface area contributed by atoms with Crippen LogP contribution in [0.2, 0.25) is 0 Å². The molecule has 0 aliphatic carbocycles. The maximum atomic E-state index is 6.03. The molecule has 1 unspecified atom stereocenters. The summed E-state index contributed by atoms with van der Waals surface area (Å²) < 4.78 is 6.03. The van der Waals surface area contributed by atoms with E-state index in [-0.39, 0.29) is 0 Å². The quantitative estimate of drug-likeness (QED) is 0.808. The molecular weight excluding hydrogens is 258 g/mol. The molecule has 1 N–H and O–H groups in total. The van der Waals surface area contributed by atoms with Crippen molar-refractivity contribution in [2.75, 3.05) is 7.05 Å². The Morgan fingerprint density at radius 1 is 1.00 bits per heavy atom. The van der Waals surface area contributed by atoms with E-state index in [1.54, 1.807) is 0 Å². The van der Waals surface area contributed by atoms with Crippen molar-refractivity contribution in [3.63, 3.8) is 0 Å². The van der Waals surface area contributed by atoms with Crippen LogP contribution in [0.4, 0.5) is 0 Å². The van der Waals surface area contributed by atoms with Gasteiger partial charge in [0.25, 0.3) is 0 Å². The summed E-state index contributed by atoms with van der Waals surface area (Å²) in [7, 11) is 1.96. The molecule has 2 nitrogen and oxygen atoms in total. The lowest BCUT2D eigenvalue weighted by atomic mass is 9.98. The normalized spacial score (nSPS) is 12.1.